The molecule has 0 spiro atoms. The number of aliphatic carboxylic acids is 1. The molecule has 0 bridgehead atoms. The van der Waals surface area contributed by atoms with Crippen LogP contribution in [0.5, 0.6) is 0 Å². The Balaban J connectivity index is 3.24. The highest BCUT2D eigenvalue weighted by Crippen LogP contribution is 2.34. The van der Waals surface area contributed by atoms with Crippen molar-refractivity contribution in [3.63, 3.8) is 0 Å². The Morgan fingerprint density at radius 1 is 1.38 bits per heavy atom. The van der Waals surface area contributed by atoms with Gasteiger partial charge in [0.2, 0.25) is 0 Å². The fourth-order valence-corrected chi connectivity index (χ4v) is 1.64. The van der Waals surface area contributed by atoms with Gasteiger partial charge in [-0.15, -0.1) is 0 Å². The minimum Gasteiger partial charge on any atom is -0.500 e. The third-order valence-corrected chi connectivity index (χ3v) is 2.62. The van der Waals surface area contributed by atoms with Crippen LogP contribution >= 0.6 is 0 Å². The molecule has 0 saturated heterocycles. The monoisotopic (exact) mass is 228 g/mol. The van der Waals surface area contributed by atoms with Gasteiger partial charge in [0.1, 0.15) is 17.1 Å². The van der Waals surface area contributed by atoms with Crippen molar-refractivity contribution < 1.29 is 24.1 Å². The first kappa shape index (κ1) is 12.6. The summed E-state index contributed by atoms with van der Waals surface area (Å²) < 4.78 is 15.5. The Bertz CT molecular complexity index is 355. The molecule has 16 heavy (non-hydrogen) atoms. The van der Waals surface area contributed by atoms with Crippen LogP contribution in [-0.4, -0.2) is 38.0 Å². The highest BCUT2D eigenvalue weighted by Gasteiger charge is 2.35. The quantitative estimate of drug-likeness (QED) is 0.785. The van der Waals surface area contributed by atoms with Crippen molar-refractivity contribution in [1.29, 1.82) is 0 Å². The molecule has 1 aliphatic rings. The number of rotatable bonds is 4. The van der Waals surface area contributed by atoms with Gasteiger partial charge in [-0.3, -0.25) is 0 Å². The minimum atomic E-state index is -1.07. The zero-order chi connectivity index (χ0) is 12.3. The van der Waals surface area contributed by atoms with Crippen molar-refractivity contribution in [2.75, 3.05) is 21.3 Å². The zero-order valence-electron chi connectivity index (χ0n) is 9.86. The molecule has 0 radical (unpaired) electrons. The normalized spacial score (nSPS) is 25.1. The number of carboxylic acids is 1. The van der Waals surface area contributed by atoms with Crippen molar-refractivity contribution in [1.82, 2.24) is 0 Å². The van der Waals surface area contributed by atoms with Crippen molar-refractivity contribution >= 4 is 5.97 Å². The van der Waals surface area contributed by atoms with Crippen molar-refractivity contribution in [3.05, 3.63) is 23.2 Å². The third kappa shape index (κ3) is 2.19. The van der Waals surface area contributed by atoms with E-state index in [1.165, 1.54) is 14.2 Å². The number of hydrogen-bond acceptors (Lipinski definition) is 4. The van der Waals surface area contributed by atoms with Crippen LogP contribution in [0.4, 0.5) is 0 Å². The smallest absolute Gasteiger partial charge is 0.342 e. The molecule has 1 N–H and O–H groups in total. The summed E-state index contributed by atoms with van der Waals surface area (Å²) in [6.45, 7) is 1.84. The van der Waals surface area contributed by atoms with Gasteiger partial charge in [0.25, 0.3) is 0 Å². The van der Waals surface area contributed by atoms with Gasteiger partial charge >= 0.3 is 5.97 Å². The summed E-state index contributed by atoms with van der Waals surface area (Å²) in [6, 6.07) is 0. The zero-order valence-corrected chi connectivity index (χ0v) is 9.86. The lowest BCUT2D eigenvalue weighted by atomic mass is 9.90. The Morgan fingerprint density at radius 3 is 2.38 bits per heavy atom. The van der Waals surface area contributed by atoms with Crippen LogP contribution in [0.1, 0.15) is 13.3 Å². The van der Waals surface area contributed by atoms with E-state index < -0.39 is 11.6 Å². The summed E-state index contributed by atoms with van der Waals surface area (Å²) >= 11 is 0. The first-order chi connectivity index (χ1) is 7.47. The molecule has 0 saturated carbocycles. The van der Waals surface area contributed by atoms with Crippen LogP contribution in [0.15, 0.2) is 23.2 Å². The second-order valence-corrected chi connectivity index (χ2v) is 3.71. The average Bonchev–Trinajstić information content (AvgIpc) is 2.27. The van der Waals surface area contributed by atoms with Gasteiger partial charge in [0, 0.05) is 13.5 Å². The summed E-state index contributed by atoms with van der Waals surface area (Å²) in [5.74, 6) is -0.445. The minimum absolute atomic E-state index is 0.0551. The predicted molar refractivity (Wildman–Crippen MR) is 56.8 cm³/mol. The van der Waals surface area contributed by atoms with E-state index in [4.69, 9.17) is 19.3 Å². The number of carboxylic acid groups (broad SMARTS) is 1. The van der Waals surface area contributed by atoms with Gasteiger partial charge in [-0.2, -0.15) is 0 Å². The number of hydrogen-bond donors (Lipinski definition) is 1. The van der Waals surface area contributed by atoms with Crippen molar-refractivity contribution in [2.24, 2.45) is 0 Å². The molecule has 1 rings (SSSR count). The highest BCUT2D eigenvalue weighted by molar-refractivity contribution is 5.92. The molecule has 1 unspecified atom stereocenters. The van der Waals surface area contributed by atoms with E-state index in [2.05, 4.69) is 0 Å². The molecule has 1 aliphatic carbocycles. The topological polar surface area (TPSA) is 65.0 Å². The summed E-state index contributed by atoms with van der Waals surface area (Å²) in [7, 11) is 4.42. The number of carbonyl (C=O) groups is 1. The molecule has 0 aromatic rings. The molecule has 0 heterocycles. The standard InChI is InChI=1S/C11H16O5/c1-11(16-4)5-7(14-2)9(10(12)13)8(6-11)15-3/h5H,6H2,1-4H3,(H,12,13). The van der Waals surface area contributed by atoms with Crippen LogP contribution in [-0.2, 0) is 19.0 Å². The number of methoxy groups -OCH3 is 3. The van der Waals surface area contributed by atoms with Crippen molar-refractivity contribution in [2.45, 2.75) is 18.9 Å². The van der Waals surface area contributed by atoms with Crippen molar-refractivity contribution in [3.8, 4) is 0 Å². The maximum atomic E-state index is 11.1. The van der Waals surface area contributed by atoms with Gasteiger partial charge in [-0.25, -0.2) is 4.79 Å². The Morgan fingerprint density at radius 2 is 2.00 bits per heavy atom. The maximum absolute atomic E-state index is 11.1. The fraction of sp³-hybridized carbons (Fsp3) is 0.545. The Hall–Kier alpha value is -1.49. The lowest BCUT2D eigenvalue weighted by Crippen LogP contribution is -2.31. The van der Waals surface area contributed by atoms with Crippen LogP contribution in [0.25, 0.3) is 0 Å². The van der Waals surface area contributed by atoms with Gasteiger partial charge < -0.3 is 19.3 Å². The van der Waals surface area contributed by atoms with E-state index >= 15 is 0 Å². The van der Waals surface area contributed by atoms with Gasteiger partial charge in [-0.1, -0.05) is 0 Å². The van der Waals surface area contributed by atoms with E-state index in [1.807, 2.05) is 6.92 Å². The lowest BCUT2D eigenvalue weighted by molar-refractivity contribution is -0.133. The molecule has 0 fully saturated rings. The third-order valence-electron chi connectivity index (χ3n) is 2.62. The molecule has 0 aromatic carbocycles. The first-order valence-electron chi connectivity index (χ1n) is 4.80. The SMILES string of the molecule is COC1=CC(C)(OC)CC(OC)=C1C(=O)O. The van der Waals surface area contributed by atoms with Crippen LogP contribution < -0.4 is 0 Å². The van der Waals surface area contributed by atoms with E-state index in [0.717, 1.165) is 0 Å². The average molecular weight is 228 g/mol. The fourth-order valence-electron chi connectivity index (χ4n) is 1.64. The van der Waals surface area contributed by atoms with Gasteiger partial charge in [-0.05, 0) is 13.0 Å². The molecular formula is C11H16O5. The van der Waals surface area contributed by atoms with E-state index in [0.29, 0.717) is 12.2 Å². The highest BCUT2D eigenvalue weighted by atomic mass is 16.5. The molecular weight excluding hydrogens is 212 g/mol. The molecule has 1 atom stereocenters. The lowest BCUT2D eigenvalue weighted by Gasteiger charge is -2.30. The molecule has 5 nitrogen and oxygen atoms in total. The molecule has 0 aromatic heterocycles. The van der Waals surface area contributed by atoms with Crippen LogP contribution in [0.3, 0.4) is 0 Å². The first-order valence-corrected chi connectivity index (χ1v) is 4.80. The number of ether oxygens (including phenoxy) is 3. The predicted octanol–water partition coefficient (Wildman–Crippen LogP) is 1.31. The summed E-state index contributed by atoms with van der Waals surface area (Å²) in [5, 5.41) is 9.08. The summed E-state index contributed by atoms with van der Waals surface area (Å²) in [4.78, 5) is 11.1. The van der Waals surface area contributed by atoms with Gasteiger partial charge in [0.05, 0.1) is 19.8 Å². The van der Waals surface area contributed by atoms with E-state index in [1.54, 1.807) is 13.2 Å². The molecule has 0 amide bonds. The second-order valence-electron chi connectivity index (χ2n) is 3.71. The summed E-state index contributed by atoms with van der Waals surface area (Å²) in [6.07, 6.45) is 2.02. The maximum Gasteiger partial charge on any atom is 0.342 e. The summed E-state index contributed by atoms with van der Waals surface area (Å²) in [5.41, 5.74) is -0.546. The van der Waals surface area contributed by atoms with Crippen LogP contribution in [0, 0.1) is 0 Å². The van der Waals surface area contributed by atoms with Gasteiger partial charge in [0.15, 0.2) is 0 Å². The molecule has 5 heteroatoms. The van der Waals surface area contributed by atoms with Crippen LogP contribution in [0.2, 0.25) is 0 Å². The largest absolute Gasteiger partial charge is 0.500 e. The Labute approximate surface area is 94.3 Å². The van der Waals surface area contributed by atoms with E-state index in [9.17, 15) is 4.79 Å². The van der Waals surface area contributed by atoms with E-state index in [-0.39, 0.29) is 11.3 Å². The molecule has 90 valence electrons. The second kappa shape index (κ2) is 4.57. The molecule has 0 aliphatic heterocycles. The Kier molecular flexibility index (Phi) is 3.59.